The summed E-state index contributed by atoms with van der Waals surface area (Å²) in [7, 11) is 3.89. The van der Waals surface area contributed by atoms with E-state index in [1.54, 1.807) is 10.6 Å². The second-order valence-electron chi connectivity index (χ2n) is 8.43. The molecule has 4 rings (SSSR count). The molecule has 3 aromatic carbocycles. The molecule has 0 aliphatic heterocycles. The van der Waals surface area contributed by atoms with Gasteiger partial charge in [-0.1, -0.05) is 59.3 Å². The number of para-hydroxylation sites is 1. The van der Waals surface area contributed by atoms with Gasteiger partial charge in [-0.25, -0.2) is 0 Å². The maximum Gasteiger partial charge on any atom is 0.418 e. The van der Waals surface area contributed by atoms with Gasteiger partial charge in [0, 0.05) is 10.0 Å². The zero-order valence-electron chi connectivity index (χ0n) is 20.1. The highest BCUT2D eigenvalue weighted by atomic mass is 79.9. The van der Waals surface area contributed by atoms with Crippen molar-refractivity contribution in [3.8, 4) is 34.0 Å². The van der Waals surface area contributed by atoms with E-state index in [9.17, 15) is 13.2 Å². The van der Waals surface area contributed by atoms with Crippen LogP contribution in [0.2, 0.25) is 0 Å². The molecule has 0 fully saturated rings. The highest BCUT2D eigenvalue weighted by Gasteiger charge is 2.34. The lowest BCUT2D eigenvalue weighted by Crippen LogP contribution is -2.32. The predicted molar refractivity (Wildman–Crippen MR) is 145 cm³/mol. The van der Waals surface area contributed by atoms with Gasteiger partial charge < -0.3 is 9.30 Å². The molecule has 0 radical (unpaired) electrons. The number of halogens is 5. The summed E-state index contributed by atoms with van der Waals surface area (Å²) in [4.78, 5) is 1.99. The number of benzene rings is 3. The Morgan fingerprint density at radius 1 is 0.861 bits per heavy atom. The SMILES string of the molecule is CCC(Oc1cccc(-c2ccc(-c3ccc(Br)cc3)n2-c2ccccc2C(F)(F)F)c1)N(C)C.Cl. The summed E-state index contributed by atoms with van der Waals surface area (Å²) in [6.45, 7) is 2.04. The second-order valence-corrected chi connectivity index (χ2v) is 9.35. The molecule has 1 atom stereocenters. The van der Waals surface area contributed by atoms with Crippen LogP contribution < -0.4 is 4.74 Å². The molecule has 0 amide bonds. The molecular weight excluding hydrogens is 553 g/mol. The highest BCUT2D eigenvalue weighted by molar-refractivity contribution is 9.10. The lowest BCUT2D eigenvalue weighted by molar-refractivity contribution is -0.137. The molecule has 1 heterocycles. The van der Waals surface area contributed by atoms with Crippen LogP contribution in [0.3, 0.4) is 0 Å². The van der Waals surface area contributed by atoms with Gasteiger partial charge in [-0.2, -0.15) is 13.2 Å². The van der Waals surface area contributed by atoms with Crippen molar-refractivity contribution >= 4 is 28.3 Å². The van der Waals surface area contributed by atoms with Crippen LogP contribution in [0.25, 0.3) is 28.2 Å². The smallest absolute Gasteiger partial charge is 0.418 e. The fourth-order valence-corrected chi connectivity index (χ4v) is 4.38. The van der Waals surface area contributed by atoms with Gasteiger partial charge in [-0.05, 0) is 74.6 Å². The number of nitrogens with zero attached hydrogens (tertiary/aromatic N) is 2. The quantitative estimate of drug-likeness (QED) is 0.204. The van der Waals surface area contributed by atoms with Crippen LogP contribution in [-0.4, -0.2) is 29.8 Å². The van der Waals surface area contributed by atoms with Crippen LogP contribution in [0, 0.1) is 0 Å². The van der Waals surface area contributed by atoms with Gasteiger partial charge in [0.2, 0.25) is 0 Å². The minimum absolute atomic E-state index is 0. The van der Waals surface area contributed by atoms with Crippen molar-refractivity contribution in [1.29, 1.82) is 0 Å². The van der Waals surface area contributed by atoms with E-state index in [0.717, 1.165) is 28.1 Å². The number of hydrogen-bond donors (Lipinski definition) is 0. The first-order valence-electron chi connectivity index (χ1n) is 11.3. The number of aromatic nitrogens is 1. The van der Waals surface area contributed by atoms with E-state index in [1.807, 2.05) is 86.6 Å². The first-order chi connectivity index (χ1) is 16.7. The third-order valence-corrected chi connectivity index (χ3v) is 6.33. The van der Waals surface area contributed by atoms with E-state index >= 15 is 0 Å². The molecule has 0 N–H and O–H groups in total. The van der Waals surface area contributed by atoms with Gasteiger partial charge in [0.15, 0.2) is 6.23 Å². The summed E-state index contributed by atoms with van der Waals surface area (Å²) in [5, 5.41) is 0. The molecule has 0 saturated carbocycles. The molecular formula is C28H27BrClF3N2O. The fraction of sp³-hybridized carbons (Fsp3) is 0.214. The van der Waals surface area contributed by atoms with E-state index in [4.69, 9.17) is 4.74 Å². The second kappa shape index (κ2) is 11.5. The summed E-state index contributed by atoms with van der Waals surface area (Å²) in [5.41, 5.74) is 2.25. The summed E-state index contributed by atoms with van der Waals surface area (Å²) in [6, 6.07) is 24.4. The minimum atomic E-state index is -4.50. The normalized spacial score (nSPS) is 12.3. The van der Waals surface area contributed by atoms with E-state index in [2.05, 4.69) is 15.9 Å². The Bertz CT molecular complexity index is 1300. The van der Waals surface area contributed by atoms with Gasteiger partial charge >= 0.3 is 6.18 Å². The van der Waals surface area contributed by atoms with Crippen molar-refractivity contribution in [3.05, 3.63) is 95.0 Å². The first-order valence-corrected chi connectivity index (χ1v) is 12.1. The molecule has 0 aliphatic rings. The lowest BCUT2D eigenvalue weighted by atomic mass is 10.1. The molecule has 3 nitrogen and oxygen atoms in total. The summed E-state index contributed by atoms with van der Waals surface area (Å²) < 4.78 is 50.8. The Morgan fingerprint density at radius 2 is 1.50 bits per heavy atom. The van der Waals surface area contributed by atoms with Crippen molar-refractivity contribution < 1.29 is 17.9 Å². The molecule has 0 aliphatic carbocycles. The number of ether oxygens (including phenoxy) is 1. The van der Waals surface area contributed by atoms with Gasteiger partial charge in [-0.15, -0.1) is 12.4 Å². The Kier molecular flexibility index (Phi) is 8.93. The fourth-order valence-electron chi connectivity index (χ4n) is 4.12. The highest BCUT2D eigenvalue weighted by Crippen LogP contribution is 2.39. The van der Waals surface area contributed by atoms with Crippen molar-refractivity contribution in [2.45, 2.75) is 25.7 Å². The predicted octanol–water partition coefficient (Wildman–Crippen LogP) is 8.69. The van der Waals surface area contributed by atoms with E-state index in [-0.39, 0.29) is 24.3 Å². The largest absolute Gasteiger partial charge is 0.475 e. The Labute approximate surface area is 224 Å². The average Bonchev–Trinajstić information content (AvgIpc) is 3.27. The number of alkyl halides is 3. The van der Waals surface area contributed by atoms with Crippen LogP contribution in [0.5, 0.6) is 5.75 Å². The Hall–Kier alpha value is -2.74. The monoisotopic (exact) mass is 578 g/mol. The van der Waals surface area contributed by atoms with Crippen molar-refractivity contribution in [3.63, 3.8) is 0 Å². The molecule has 190 valence electrons. The maximum atomic E-state index is 14.0. The molecule has 0 saturated heterocycles. The lowest BCUT2D eigenvalue weighted by Gasteiger charge is -2.24. The number of rotatable bonds is 7. The zero-order chi connectivity index (χ0) is 25.2. The topological polar surface area (TPSA) is 17.4 Å². The standard InChI is InChI=1S/C28H26BrF3N2O.ClH/c1-4-27(33(2)3)35-22-9-7-8-20(18-22)25-17-16-24(19-12-14-21(29)15-13-19)34(25)26-11-6-5-10-23(26)28(30,31)32;/h5-18,27H,4H2,1-3H3;1H. The first kappa shape index (κ1) is 27.8. The molecule has 0 bridgehead atoms. The van der Waals surface area contributed by atoms with Crippen molar-refractivity contribution in [2.24, 2.45) is 0 Å². The van der Waals surface area contributed by atoms with Gasteiger partial charge in [0.05, 0.1) is 22.6 Å². The number of hydrogen-bond acceptors (Lipinski definition) is 2. The van der Waals surface area contributed by atoms with Crippen LogP contribution in [0.15, 0.2) is 89.4 Å². The Balaban J connectivity index is 0.00000361. The van der Waals surface area contributed by atoms with Crippen LogP contribution in [0.4, 0.5) is 13.2 Å². The summed E-state index contributed by atoms with van der Waals surface area (Å²) >= 11 is 3.43. The summed E-state index contributed by atoms with van der Waals surface area (Å²) in [6.07, 6.45) is -3.82. The average molecular weight is 580 g/mol. The van der Waals surface area contributed by atoms with Gasteiger partial charge in [0.25, 0.3) is 0 Å². The Morgan fingerprint density at radius 3 is 2.11 bits per heavy atom. The van der Waals surface area contributed by atoms with E-state index < -0.39 is 11.7 Å². The zero-order valence-corrected chi connectivity index (χ0v) is 22.5. The molecule has 36 heavy (non-hydrogen) atoms. The molecule has 1 aromatic heterocycles. The van der Waals surface area contributed by atoms with Gasteiger partial charge in [-0.3, -0.25) is 4.90 Å². The van der Waals surface area contributed by atoms with Crippen LogP contribution in [0.1, 0.15) is 18.9 Å². The van der Waals surface area contributed by atoms with Crippen LogP contribution >= 0.6 is 28.3 Å². The third-order valence-electron chi connectivity index (χ3n) is 5.80. The maximum absolute atomic E-state index is 14.0. The van der Waals surface area contributed by atoms with Crippen LogP contribution in [-0.2, 0) is 6.18 Å². The molecule has 8 heteroatoms. The molecule has 0 spiro atoms. The minimum Gasteiger partial charge on any atom is -0.475 e. The summed E-state index contributed by atoms with van der Waals surface area (Å²) in [5.74, 6) is 0.657. The van der Waals surface area contributed by atoms with Gasteiger partial charge in [0.1, 0.15) is 5.75 Å². The van der Waals surface area contributed by atoms with Crippen molar-refractivity contribution in [1.82, 2.24) is 9.47 Å². The van der Waals surface area contributed by atoms with E-state index in [0.29, 0.717) is 17.1 Å². The molecule has 4 aromatic rings. The third kappa shape index (κ3) is 5.97. The van der Waals surface area contributed by atoms with E-state index in [1.165, 1.54) is 12.1 Å². The van der Waals surface area contributed by atoms with Crippen molar-refractivity contribution in [2.75, 3.05) is 14.1 Å². The molecule has 1 unspecified atom stereocenters.